The number of aromatic nitrogens is 4. The second-order valence-electron chi connectivity index (χ2n) is 8.25. The number of para-hydroxylation sites is 1. The van der Waals surface area contributed by atoms with E-state index in [1.54, 1.807) is 22.2 Å². The lowest BCUT2D eigenvalue weighted by Crippen LogP contribution is -2.36. The van der Waals surface area contributed by atoms with Crippen LogP contribution in [0.5, 0.6) is 0 Å². The second kappa shape index (κ2) is 7.31. The molecule has 3 heterocycles. The Labute approximate surface area is 175 Å². The van der Waals surface area contributed by atoms with Crippen LogP contribution in [0, 0.1) is 0 Å². The Bertz CT molecular complexity index is 1260. The molecule has 0 N–H and O–H groups in total. The largest absolute Gasteiger partial charge is 0.339 e. The highest BCUT2D eigenvalue weighted by atomic mass is 32.2. The molecule has 3 aromatic rings. The molecule has 1 aromatic carbocycles. The van der Waals surface area contributed by atoms with Gasteiger partial charge in [-0.1, -0.05) is 25.0 Å². The van der Waals surface area contributed by atoms with Gasteiger partial charge in [-0.05, 0) is 37.8 Å². The maximum Gasteiger partial charge on any atom is 0.262 e. The summed E-state index contributed by atoms with van der Waals surface area (Å²) in [7, 11) is -2.03. The zero-order chi connectivity index (χ0) is 20.9. The van der Waals surface area contributed by atoms with Crippen LogP contribution in [0.2, 0.25) is 0 Å². The van der Waals surface area contributed by atoms with Crippen LogP contribution >= 0.6 is 0 Å². The van der Waals surface area contributed by atoms with Crippen molar-refractivity contribution in [3.8, 4) is 0 Å². The van der Waals surface area contributed by atoms with Gasteiger partial charge < -0.3 is 4.57 Å². The molecular formula is C21H25N5O3S. The number of sulfonamides is 1. The minimum Gasteiger partial charge on any atom is -0.339 e. The van der Waals surface area contributed by atoms with Crippen molar-refractivity contribution in [1.29, 1.82) is 0 Å². The van der Waals surface area contributed by atoms with Gasteiger partial charge in [0.1, 0.15) is 5.82 Å². The van der Waals surface area contributed by atoms with Gasteiger partial charge in [-0.25, -0.2) is 18.4 Å². The van der Waals surface area contributed by atoms with E-state index >= 15 is 0 Å². The first kappa shape index (κ1) is 19.4. The van der Waals surface area contributed by atoms with E-state index in [0.29, 0.717) is 29.7 Å². The van der Waals surface area contributed by atoms with Crippen molar-refractivity contribution in [2.45, 2.75) is 55.6 Å². The molecule has 0 amide bonds. The first-order valence-electron chi connectivity index (χ1n) is 10.5. The number of hydrogen-bond donors (Lipinski definition) is 0. The second-order valence-corrected chi connectivity index (χ2v) is 10.1. The van der Waals surface area contributed by atoms with E-state index in [1.165, 1.54) is 16.8 Å². The Morgan fingerprint density at radius 1 is 1.07 bits per heavy atom. The molecule has 1 saturated heterocycles. The van der Waals surface area contributed by atoms with E-state index < -0.39 is 16.1 Å². The molecule has 158 valence electrons. The summed E-state index contributed by atoms with van der Waals surface area (Å²) < 4.78 is 31.6. The monoisotopic (exact) mass is 427 g/mol. The lowest BCUT2D eigenvalue weighted by molar-refractivity contribution is 0.351. The molecule has 9 heteroatoms. The van der Waals surface area contributed by atoms with Crippen LogP contribution in [0.3, 0.4) is 0 Å². The lowest BCUT2D eigenvalue weighted by Gasteiger charge is -2.27. The fraction of sp³-hybridized carbons (Fsp3) is 0.476. The highest BCUT2D eigenvalue weighted by molar-refractivity contribution is 7.89. The van der Waals surface area contributed by atoms with E-state index in [1.807, 2.05) is 18.2 Å². The number of benzene rings is 1. The lowest BCUT2D eigenvalue weighted by atomic mass is 10.1. The number of aryl methyl sites for hydroxylation is 1. The van der Waals surface area contributed by atoms with Gasteiger partial charge in [-0.2, -0.15) is 4.31 Å². The molecule has 1 aliphatic carbocycles. The molecule has 1 saturated carbocycles. The van der Waals surface area contributed by atoms with E-state index in [9.17, 15) is 13.2 Å². The molecule has 2 aromatic heterocycles. The SMILES string of the molecule is Cn1cnc(S(=O)(=O)N2CCCC2c2nc3ccccc3c(=O)n2C2CCCC2)c1. The van der Waals surface area contributed by atoms with Crippen molar-refractivity contribution in [2.24, 2.45) is 7.05 Å². The van der Waals surface area contributed by atoms with Crippen molar-refractivity contribution in [2.75, 3.05) is 6.54 Å². The summed E-state index contributed by atoms with van der Waals surface area (Å²) in [6, 6.07) is 6.94. The average Bonchev–Trinajstić information content (AvgIpc) is 3.49. The Balaban J connectivity index is 1.68. The van der Waals surface area contributed by atoms with Crippen LogP contribution < -0.4 is 5.56 Å². The fourth-order valence-corrected chi connectivity index (χ4v) is 6.47. The fourth-order valence-electron chi connectivity index (χ4n) is 4.84. The van der Waals surface area contributed by atoms with Crippen molar-refractivity contribution in [3.63, 3.8) is 0 Å². The zero-order valence-corrected chi connectivity index (χ0v) is 17.8. The third-order valence-electron chi connectivity index (χ3n) is 6.28. The topological polar surface area (TPSA) is 90.1 Å². The molecule has 1 aliphatic heterocycles. The first-order valence-corrected chi connectivity index (χ1v) is 11.9. The maximum atomic E-state index is 13.5. The van der Waals surface area contributed by atoms with Gasteiger partial charge >= 0.3 is 0 Å². The Hall–Kier alpha value is -2.52. The highest BCUT2D eigenvalue weighted by Gasteiger charge is 2.40. The van der Waals surface area contributed by atoms with Crippen molar-refractivity contribution >= 4 is 20.9 Å². The minimum atomic E-state index is -3.78. The third kappa shape index (κ3) is 3.07. The quantitative estimate of drug-likeness (QED) is 0.639. The third-order valence-corrected chi connectivity index (χ3v) is 8.07. The number of nitrogens with zero attached hydrogens (tertiary/aromatic N) is 5. The van der Waals surface area contributed by atoms with Crippen LogP contribution in [-0.2, 0) is 17.1 Å². The molecule has 0 radical (unpaired) electrons. The predicted octanol–water partition coefficient (Wildman–Crippen LogP) is 2.77. The van der Waals surface area contributed by atoms with Gasteiger partial charge in [0.25, 0.3) is 15.6 Å². The molecule has 30 heavy (non-hydrogen) atoms. The normalized spacial score (nSPS) is 21.0. The molecular weight excluding hydrogens is 402 g/mol. The van der Waals surface area contributed by atoms with E-state index in [0.717, 1.165) is 32.1 Å². The summed E-state index contributed by atoms with van der Waals surface area (Å²) in [4.78, 5) is 22.4. The first-order chi connectivity index (χ1) is 14.5. The summed E-state index contributed by atoms with van der Waals surface area (Å²) in [6.45, 7) is 0.400. The van der Waals surface area contributed by atoms with Crippen LogP contribution in [0.15, 0.2) is 46.6 Å². The molecule has 1 unspecified atom stereocenters. The summed E-state index contributed by atoms with van der Waals surface area (Å²) in [5, 5.41) is 0.623. The van der Waals surface area contributed by atoms with Crippen molar-refractivity contribution in [3.05, 3.63) is 53.0 Å². The average molecular weight is 428 g/mol. The molecule has 2 fully saturated rings. The number of rotatable bonds is 4. The van der Waals surface area contributed by atoms with Crippen molar-refractivity contribution in [1.82, 2.24) is 23.4 Å². The van der Waals surface area contributed by atoms with E-state index in [4.69, 9.17) is 4.98 Å². The summed E-state index contributed by atoms with van der Waals surface area (Å²) in [5.74, 6) is 0.572. The summed E-state index contributed by atoms with van der Waals surface area (Å²) >= 11 is 0. The smallest absolute Gasteiger partial charge is 0.262 e. The van der Waals surface area contributed by atoms with Gasteiger partial charge in [0.15, 0.2) is 5.03 Å². The summed E-state index contributed by atoms with van der Waals surface area (Å²) in [5.41, 5.74) is 0.554. The van der Waals surface area contributed by atoms with Crippen LogP contribution in [0.4, 0.5) is 0 Å². The van der Waals surface area contributed by atoms with Gasteiger partial charge in [-0.15, -0.1) is 0 Å². The molecule has 1 atom stereocenters. The number of imidazole rings is 1. The van der Waals surface area contributed by atoms with Crippen LogP contribution in [0.1, 0.15) is 56.4 Å². The Kier molecular flexibility index (Phi) is 4.74. The Morgan fingerprint density at radius 2 is 1.83 bits per heavy atom. The predicted molar refractivity (Wildman–Crippen MR) is 113 cm³/mol. The Morgan fingerprint density at radius 3 is 2.57 bits per heavy atom. The molecule has 0 bridgehead atoms. The van der Waals surface area contributed by atoms with Crippen LogP contribution in [-0.4, -0.2) is 38.4 Å². The number of fused-ring (bicyclic) bond motifs is 1. The van der Waals surface area contributed by atoms with Gasteiger partial charge in [0.2, 0.25) is 0 Å². The number of hydrogen-bond acceptors (Lipinski definition) is 5. The molecule has 8 nitrogen and oxygen atoms in total. The maximum absolute atomic E-state index is 13.5. The van der Waals surface area contributed by atoms with E-state index in [-0.39, 0.29) is 16.6 Å². The summed E-state index contributed by atoms with van der Waals surface area (Å²) in [6.07, 6.45) is 8.37. The van der Waals surface area contributed by atoms with Gasteiger partial charge in [-0.3, -0.25) is 9.36 Å². The van der Waals surface area contributed by atoms with Crippen molar-refractivity contribution < 1.29 is 8.42 Å². The standard InChI is InChI=1S/C21H25N5O3S/c1-24-13-19(22-14-24)30(28,29)25-12-6-11-18(25)20-23-17-10-5-4-9-16(17)21(27)26(20)15-7-2-3-8-15/h4-5,9-10,13-15,18H,2-3,6-8,11-12H2,1H3. The molecule has 2 aliphatic rings. The molecule has 5 rings (SSSR count). The van der Waals surface area contributed by atoms with Gasteiger partial charge in [0, 0.05) is 25.8 Å². The minimum absolute atomic E-state index is 0.0347. The molecule has 0 spiro atoms. The zero-order valence-electron chi connectivity index (χ0n) is 16.9. The van der Waals surface area contributed by atoms with Crippen LogP contribution in [0.25, 0.3) is 10.9 Å². The highest BCUT2D eigenvalue weighted by Crippen LogP contribution is 2.38. The van der Waals surface area contributed by atoms with Gasteiger partial charge in [0.05, 0.1) is 23.3 Å². The van der Waals surface area contributed by atoms with E-state index in [2.05, 4.69) is 4.98 Å².